The van der Waals surface area contributed by atoms with Crippen molar-refractivity contribution in [1.82, 2.24) is 0 Å². The lowest BCUT2D eigenvalue weighted by molar-refractivity contribution is -0.108. The Bertz CT molecular complexity index is 303. The number of aliphatic hydroxyl groups excluding tert-OH is 1. The van der Waals surface area contributed by atoms with Crippen molar-refractivity contribution in [2.24, 2.45) is 0 Å². The molecule has 3 heteroatoms. The quantitative estimate of drug-likeness (QED) is 0.515. The molecule has 0 amide bonds. The van der Waals surface area contributed by atoms with Crippen LogP contribution in [-0.4, -0.2) is 25.5 Å². The highest BCUT2D eigenvalue weighted by atomic mass is 16.5. The van der Waals surface area contributed by atoms with E-state index in [0.717, 1.165) is 18.3 Å². The van der Waals surface area contributed by atoms with E-state index in [-0.39, 0.29) is 6.10 Å². The predicted octanol–water partition coefficient (Wildman–Crippen LogP) is 1.93. The highest BCUT2D eigenvalue weighted by Crippen LogP contribution is 2.04. The number of benzene rings is 1. The van der Waals surface area contributed by atoms with Gasteiger partial charge in [0.1, 0.15) is 6.29 Å². The van der Waals surface area contributed by atoms with E-state index in [4.69, 9.17) is 6.17 Å². The molecule has 0 aliphatic rings. The van der Waals surface area contributed by atoms with Crippen molar-refractivity contribution in [2.75, 3.05) is 6.61 Å². The maximum Gasteiger partial charge on any atom is 0.211 e. The van der Waals surface area contributed by atoms with Crippen LogP contribution in [0.5, 0.6) is 0 Å². The summed E-state index contributed by atoms with van der Waals surface area (Å²) in [4.78, 5) is 10.2. The van der Waals surface area contributed by atoms with Crippen LogP contribution in [0.4, 0.5) is 0 Å². The van der Waals surface area contributed by atoms with Crippen LogP contribution in [0.1, 0.15) is 24.8 Å². The predicted molar refractivity (Wildman–Crippen MR) is 62.0 cm³/mol. The molecule has 0 aromatic heterocycles. The summed E-state index contributed by atoms with van der Waals surface area (Å²) in [5, 5.41) is 4.54. The smallest absolute Gasteiger partial charge is 0.211 e. The van der Waals surface area contributed by atoms with E-state index in [1.165, 1.54) is 0 Å². The third-order valence-corrected chi connectivity index (χ3v) is 2.26. The topological polar surface area (TPSA) is 46.5 Å². The zero-order valence-corrected chi connectivity index (χ0v) is 9.30. The number of ether oxygens (including phenoxy) is 1. The van der Waals surface area contributed by atoms with Gasteiger partial charge >= 0.3 is 0 Å². The Hall–Kier alpha value is -1.19. The van der Waals surface area contributed by atoms with Crippen molar-refractivity contribution in [2.45, 2.75) is 32.0 Å². The van der Waals surface area contributed by atoms with Gasteiger partial charge in [-0.05, 0) is 18.4 Å². The van der Waals surface area contributed by atoms with Gasteiger partial charge in [-0.1, -0.05) is 30.3 Å². The highest BCUT2D eigenvalue weighted by Gasteiger charge is 2.03. The van der Waals surface area contributed by atoms with Crippen molar-refractivity contribution in [3.63, 3.8) is 0 Å². The number of hydrogen-bond acceptors (Lipinski definition) is 3. The van der Waals surface area contributed by atoms with E-state index in [1.807, 2.05) is 30.3 Å². The molecule has 0 aliphatic carbocycles. The summed E-state index contributed by atoms with van der Waals surface area (Å²) < 4.78 is 12.4. The zero-order chi connectivity index (χ0) is 12.3. The first kappa shape index (κ1) is 11.3. The second kappa shape index (κ2) is 8.02. The Labute approximate surface area is 97.5 Å². The van der Waals surface area contributed by atoms with Gasteiger partial charge in [-0.3, -0.25) is 0 Å². The van der Waals surface area contributed by atoms with E-state index in [9.17, 15) is 4.79 Å². The molecule has 88 valence electrons. The summed E-state index contributed by atoms with van der Waals surface area (Å²) >= 11 is 0. The van der Waals surface area contributed by atoms with Gasteiger partial charge in [0.2, 0.25) is 1.43 Å². The van der Waals surface area contributed by atoms with Crippen LogP contribution in [0.2, 0.25) is 0 Å². The van der Waals surface area contributed by atoms with Crippen LogP contribution in [0.3, 0.4) is 0 Å². The monoisotopic (exact) mass is 224 g/mol. The fraction of sp³-hybridized carbons (Fsp3) is 0.462. The summed E-state index contributed by atoms with van der Waals surface area (Å²) in [5.74, 6) is 0. The fourth-order valence-electron chi connectivity index (χ4n) is 1.39. The van der Waals surface area contributed by atoms with Gasteiger partial charge in [0, 0.05) is 6.42 Å². The lowest BCUT2D eigenvalue weighted by Crippen LogP contribution is -2.15. The van der Waals surface area contributed by atoms with Crippen LogP contribution in [0, 0.1) is 0 Å². The van der Waals surface area contributed by atoms with Gasteiger partial charge in [-0.25, -0.2) is 0 Å². The maximum atomic E-state index is 10.2. The van der Waals surface area contributed by atoms with Crippen molar-refractivity contribution < 1.29 is 14.6 Å². The van der Waals surface area contributed by atoms with Crippen LogP contribution in [-0.2, 0) is 16.1 Å². The van der Waals surface area contributed by atoms with Gasteiger partial charge in [0.15, 0.2) is 0 Å². The van der Waals surface area contributed by atoms with Gasteiger partial charge in [-0.15, -0.1) is 0 Å². The molecule has 1 N–H and O–H groups in total. The number of carbonyl (C=O) groups is 1. The average Bonchev–Trinajstić information content (AvgIpc) is 2.38. The minimum absolute atomic E-state index is 0.251. The molecule has 1 atom stereocenters. The first-order valence-corrected chi connectivity index (χ1v) is 5.54. The molecule has 1 aromatic carbocycles. The molecule has 16 heavy (non-hydrogen) atoms. The second-order valence-electron chi connectivity index (χ2n) is 3.72. The molecule has 0 fully saturated rings. The van der Waals surface area contributed by atoms with E-state index < -0.39 is 0 Å². The molecule has 1 rings (SSSR count). The molecule has 0 saturated carbocycles. The van der Waals surface area contributed by atoms with E-state index in [1.54, 1.807) is 0 Å². The third-order valence-electron chi connectivity index (χ3n) is 2.26. The molecule has 0 saturated heterocycles. The van der Waals surface area contributed by atoms with E-state index in [0.29, 0.717) is 26.1 Å². The van der Waals surface area contributed by atoms with Crippen LogP contribution in [0.25, 0.3) is 0 Å². The first-order valence-electron chi connectivity index (χ1n) is 5.95. The summed E-state index contributed by atoms with van der Waals surface area (Å²) in [5.41, 5.74) is 1.10. The van der Waals surface area contributed by atoms with Gasteiger partial charge in [0.05, 0.1) is 19.3 Å². The SMILES string of the molecule is [3H]O[C@H](CCCC=O)COCc1ccccc1. The van der Waals surface area contributed by atoms with Crippen molar-refractivity contribution in [3.8, 4) is 0 Å². The fourth-order valence-corrected chi connectivity index (χ4v) is 1.39. The highest BCUT2D eigenvalue weighted by molar-refractivity contribution is 5.48. The average molecular weight is 224 g/mol. The molecule has 0 spiro atoms. The Morgan fingerprint density at radius 1 is 1.44 bits per heavy atom. The number of unbranched alkanes of at least 4 members (excludes halogenated alkanes) is 1. The molecular weight excluding hydrogens is 204 g/mol. The molecule has 1 aromatic rings. The Morgan fingerprint density at radius 2 is 2.25 bits per heavy atom. The van der Waals surface area contributed by atoms with Gasteiger partial charge in [0.25, 0.3) is 0 Å². The Balaban J connectivity index is 2.17. The second-order valence-corrected chi connectivity index (χ2v) is 3.72. The van der Waals surface area contributed by atoms with Gasteiger partial charge < -0.3 is 14.6 Å². The van der Waals surface area contributed by atoms with Crippen molar-refractivity contribution in [1.29, 1.82) is 1.43 Å². The first-order chi connectivity index (χ1) is 8.36. The maximum absolute atomic E-state index is 10.2. The molecule has 0 unspecified atom stereocenters. The summed E-state index contributed by atoms with van der Waals surface area (Å²) in [6.45, 7) is 0.908. The van der Waals surface area contributed by atoms with Crippen LogP contribution >= 0.6 is 0 Å². The number of aldehydes is 1. The minimum atomic E-state index is -0.251. The minimum Gasteiger partial charge on any atom is -0.391 e. The summed E-state index contributed by atoms with van der Waals surface area (Å²) in [6.07, 6.45) is 2.56. The molecule has 0 heterocycles. The summed E-state index contributed by atoms with van der Waals surface area (Å²) in [6, 6.07) is 9.85. The number of aliphatic hydroxyl groups is 1. The lowest BCUT2D eigenvalue weighted by atomic mass is 10.2. The van der Waals surface area contributed by atoms with E-state index >= 15 is 0 Å². The number of carbonyl (C=O) groups excluding carboxylic acids is 1. The third kappa shape index (κ3) is 5.63. The van der Waals surface area contributed by atoms with Crippen molar-refractivity contribution >= 4 is 6.29 Å². The molecule has 3 nitrogen and oxygen atoms in total. The van der Waals surface area contributed by atoms with Crippen LogP contribution < -0.4 is 0 Å². The number of rotatable bonds is 9. The molecule has 0 aliphatic heterocycles. The zero-order valence-electron chi connectivity index (χ0n) is 10.3. The van der Waals surface area contributed by atoms with Crippen LogP contribution in [0.15, 0.2) is 30.3 Å². The lowest BCUT2D eigenvalue weighted by Gasteiger charge is -2.10. The van der Waals surface area contributed by atoms with Crippen molar-refractivity contribution in [3.05, 3.63) is 35.9 Å². The van der Waals surface area contributed by atoms with E-state index in [2.05, 4.69) is 5.11 Å². The standard InChI is InChI=1S/C13H18O3/c14-9-5-4-8-13(15)11-16-10-12-6-2-1-3-7-12/h1-3,6-7,9,13,15H,4-5,8,10-11H2/t13-/m1/s1/i15T. The largest absolute Gasteiger partial charge is 0.391 e. The molecule has 0 radical (unpaired) electrons. The normalized spacial score (nSPS) is 13.1. The molecular formula is C13H18O3. The van der Waals surface area contributed by atoms with Gasteiger partial charge in [-0.2, -0.15) is 0 Å². The number of hydrogen-bond donors (Lipinski definition) is 1. The Morgan fingerprint density at radius 3 is 2.94 bits per heavy atom. The summed E-state index contributed by atoms with van der Waals surface area (Å²) in [7, 11) is 0. The molecule has 0 bridgehead atoms. The Kier molecular flexibility index (Phi) is 5.66.